The molecule has 1 aromatic heterocycles. The van der Waals surface area contributed by atoms with Gasteiger partial charge in [0.2, 0.25) is 6.61 Å². The summed E-state index contributed by atoms with van der Waals surface area (Å²) in [5.41, 5.74) is 1.04. The average Bonchev–Trinajstić information content (AvgIpc) is 2.18. The summed E-state index contributed by atoms with van der Waals surface area (Å²) in [7, 11) is 0. The molecule has 0 spiro atoms. The van der Waals surface area contributed by atoms with Gasteiger partial charge in [0, 0.05) is 12.4 Å². The van der Waals surface area contributed by atoms with Gasteiger partial charge in [0.25, 0.3) is 0 Å². The molecule has 0 unspecified atom stereocenters. The van der Waals surface area contributed by atoms with Crippen molar-refractivity contribution >= 4 is 11.7 Å². The van der Waals surface area contributed by atoms with Gasteiger partial charge >= 0.3 is 5.97 Å². The molecule has 6 heteroatoms. The van der Waals surface area contributed by atoms with Crippen LogP contribution in [0.2, 0.25) is 0 Å². The third kappa shape index (κ3) is 3.18. The van der Waals surface area contributed by atoms with E-state index in [0.29, 0.717) is 11.4 Å². The maximum Gasteiger partial charge on any atom is 0.344 e. The Balaban J connectivity index is 2.57. The predicted octanol–water partition coefficient (Wildman–Crippen LogP) is 0.302. The van der Waals surface area contributed by atoms with Crippen LogP contribution in [0.15, 0.2) is 23.7 Å². The smallest absolute Gasteiger partial charge is 0.344 e. The highest BCUT2D eigenvalue weighted by Gasteiger charge is 2.00. The second-order valence-corrected chi connectivity index (χ2v) is 2.43. The first-order valence-corrected chi connectivity index (χ1v) is 3.85. The van der Waals surface area contributed by atoms with Crippen molar-refractivity contribution in [2.75, 3.05) is 6.61 Å². The standard InChI is InChI=1S/C8H9N3O3/c1-6(11-14-5-8(12)13)7-4-9-2-3-10-7/h2-4H,5H2,1H3,(H,12,13). The Labute approximate surface area is 80.2 Å². The molecule has 1 aromatic rings. The van der Waals surface area contributed by atoms with E-state index in [2.05, 4.69) is 20.0 Å². The molecule has 0 aliphatic carbocycles. The first-order valence-electron chi connectivity index (χ1n) is 3.85. The summed E-state index contributed by atoms with van der Waals surface area (Å²) >= 11 is 0. The van der Waals surface area contributed by atoms with E-state index in [4.69, 9.17) is 5.11 Å². The molecule has 0 aliphatic rings. The van der Waals surface area contributed by atoms with Crippen molar-refractivity contribution in [3.8, 4) is 0 Å². The molecule has 1 rings (SSSR count). The van der Waals surface area contributed by atoms with Crippen molar-refractivity contribution in [1.29, 1.82) is 0 Å². The molecule has 1 N–H and O–H groups in total. The molecule has 0 saturated carbocycles. The summed E-state index contributed by atoms with van der Waals surface area (Å²) < 4.78 is 0. The quantitative estimate of drug-likeness (QED) is 0.551. The third-order valence-corrected chi connectivity index (χ3v) is 1.32. The van der Waals surface area contributed by atoms with Crippen LogP contribution in [0.5, 0.6) is 0 Å². The average molecular weight is 195 g/mol. The van der Waals surface area contributed by atoms with Gasteiger partial charge in [-0.05, 0) is 6.92 Å². The van der Waals surface area contributed by atoms with Crippen LogP contribution < -0.4 is 0 Å². The molecule has 0 bridgehead atoms. The molecule has 0 radical (unpaired) electrons. The highest BCUT2D eigenvalue weighted by atomic mass is 16.6. The molecule has 1 heterocycles. The van der Waals surface area contributed by atoms with E-state index in [1.165, 1.54) is 18.6 Å². The van der Waals surface area contributed by atoms with E-state index in [1.807, 2.05) is 0 Å². The molecule has 14 heavy (non-hydrogen) atoms. The molecular weight excluding hydrogens is 186 g/mol. The van der Waals surface area contributed by atoms with Crippen LogP contribution in [0.4, 0.5) is 0 Å². The number of hydrogen-bond acceptors (Lipinski definition) is 5. The van der Waals surface area contributed by atoms with E-state index >= 15 is 0 Å². The minimum atomic E-state index is -1.07. The number of nitrogens with zero attached hydrogens (tertiary/aromatic N) is 3. The van der Waals surface area contributed by atoms with E-state index in [9.17, 15) is 4.79 Å². The SMILES string of the molecule is CC(=NOCC(=O)O)c1cnccn1. The lowest BCUT2D eigenvalue weighted by atomic mass is 10.3. The van der Waals surface area contributed by atoms with Crippen molar-refractivity contribution < 1.29 is 14.7 Å². The summed E-state index contributed by atoms with van der Waals surface area (Å²) in [6.45, 7) is 1.20. The topological polar surface area (TPSA) is 84.7 Å². The van der Waals surface area contributed by atoms with E-state index in [0.717, 1.165) is 0 Å². The fraction of sp³-hybridized carbons (Fsp3) is 0.250. The van der Waals surface area contributed by atoms with E-state index in [1.54, 1.807) is 6.92 Å². The molecule has 74 valence electrons. The number of hydrogen-bond donors (Lipinski definition) is 1. The normalized spacial score (nSPS) is 11.1. The van der Waals surface area contributed by atoms with Gasteiger partial charge in [-0.2, -0.15) is 0 Å². The molecule has 0 saturated heterocycles. The molecule has 6 nitrogen and oxygen atoms in total. The van der Waals surface area contributed by atoms with Crippen LogP contribution in [0.25, 0.3) is 0 Å². The lowest BCUT2D eigenvalue weighted by molar-refractivity contribution is -0.142. The molecule has 0 atom stereocenters. The van der Waals surface area contributed by atoms with Crippen molar-refractivity contribution in [3.63, 3.8) is 0 Å². The molecular formula is C8H9N3O3. The highest BCUT2D eigenvalue weighted by molar-refractivity contribution is 5.96. The minimum absolute atomic E-state index is 0.461. The predicted molar refractivity (Wildman–Crippen MR) is 47.8 cm³/mol. The number of carboxylic acid groups (broad SMARTS) is 1. The summed E-state index contributed by atoms with van der Waals surface area (Å²) in [4.78, 5) is 22.4. The van der Waals surface area contributed by atoms with Gasteiger partial charge in [0.05, 0.1) is 6.20 Å². The number of oxime groups is 1. The Morgan fingerprint density at radius 3 is 3.00 bits per heavy atom. The number of carboxylic acids is 1. The maximum atomic E-state index is 10.1. The molecule has 0 aromatic carbocycles. The molecule has 0 fully saturated rings. The van der Waals surface area contributed by atoms with Crippen molar-refractivity contribution in [3.05, 3.63) is 24.3 Å². The van der Waals surface area contributed by atoms with Crippen molar-refractivity contribution in [1.82, 2.24) is 9.97 Å². The Morgan fingerprint density at radius 2 is 2.43 bits per heavy atom. The molecule has 0 amide bonds. The lowest BCUT2D eigenvalue weighted by Crippen LogP contribution is -2.06. The number of carbonyl (C=O) groups is 1. The largest absolute Gasteiger partial charge is 0.479 e. The Kier molecular flexibility index (Phi) is 3.54. The van der Waals surface area contributed by atoms with Gasteiger partial charge in [0.1, 0.15) is 11.4 Å². The van der Waals surface area contributed by atoms with Crippen LogP contribution in [0.3, 0.4) is 0 Å². The van der Waals surface area contributed by atoms with Gasteiger partial charge in [-0.25, -0.2) is 4.79 Å². The Bertz CT molecular complexity index is 337. The first kappa shape index (κ1) is 10.1. The van der Waals surface area contributed by atoms with E-state index < -0.39 is 12.6 Å². The van der Waals surface area contributed by atoms with Crippen LogP contribution in [-0.4, -0.2) is 33.4 Å². The van der Waals surface area contributed by atoms with Gasteiger partial charge < -0.3 is 9.94 Å². The number of rotatable bonds is 4. The summed E-state index contributed by atoms with van der Waals surface area (Å²) in [6.07, 6.45) is 4.57. The lowest BCUT2D eigenvalue weighted by Gasteiger charge is -1.98. The van der Waals surface area contributed by atoms with Gasteiger partial charge in [-0.3, -0.25) is 9.97 Å². The fourth-order valence-electron chi connectivity index (χ4n) is 0.717. The van der Waals surface area contributed by atoms with Crippen LogP contribution in [0.1, 0.15) is 12.6 Å². The number of aliphatic carboxylic acids is 1. The summed E-state index contributed by atoms with van der Waals surface area (Å²) in [6, 6.07) is 0. The molecule has 0 aliphatic heterocycles. The van der Waals surface area contributed by atoms with Gasteiger partial charge in [-0.15, -0.1) is 0 Å². The zero-order valence-corrected chi connectivity index (χ0v) is 7.54. The van der Waals surface area contributed by atoms with Crippen LogP contribution >= 0.6 is 0 Å². The first-order chi connectivity index (χ1) is 6.70. The zero-order valence-electron chi connectivity index (χ0n) is 7.54. The van der Waals surface area contributed by atoms with Gasteiger partial charge in [0.15, 0.2) is 0 Å². The summed E-state index contributed by atoms with van der Waals surface area (Å²) in [5.74, 6) is -1.07. The van der Waals surface area contributed by atoms with E-state index in [-0.39, 0.29) is 0 Å². The van der Waals surface area contributed by atoms with Crippen molar-refractivity contribution in [2.45, 2.75) is 6.92 Å². The maximum absolute atomic E-state index is 10.1. The Hall–Kier alpha value is -1.98. The van der Waals surface area contributed by atoms with Crippen molar-refractivity contribution in [2.24, 2.45) is 5.16 Å². The van der Waals surface area contributed by atoms with Gasteiger partial charge in [-0.1, -0.05) is 5.16 Å². The fourth-order valence-corrected chi connectivity index (χ4v) is 0.717. The third-order valence-electron chi connectivity index (χ3n) is 1.32. The number of aromatic nitrogens is 2. The zero-order chi connectivity index (χ0) is 10.4. The second-order valence-electron chi connectivity index (χ2n) is 2.43. The van der Waals surface area contributed by atoms with Crippen LogP contribution in [-0.2, 0) is 9.63 Å². The summed E-state index contributed by atoms with van der Waals surface area (Å²) in [5, 5.41) is 11.8. The minimum Gasteiger partial charge on any atom is -0.479 e. The highest BCUT2D eigenvalue weighted by Crippen LogP contribution is 1.94. The second kappa shape index (κ2) is 4.90. The van der Waals surface area contributed by atoms with Crippen LogP contribution in [0, 0.1) is 0 Å². The monoisotopic (exact) mass is 195 g/mol. The Morgan fingerprint density at radius 1 is 1.64 bits per heavy atom.